The van der Waals surface area contributed by atoms with Gasteiger partial charge < -0.3 is 19.7 Å². The number of fused-ring (bicyclic) bond motifs is 1. The van der Waals surface area contributed by atoms with Gasteiger partial charge in [0.05, 0.1) is 4.90 Å². The molecule has 2 heterocycles. The van der Waals surface area contributed by atoms with Crippen molar-refractivity contribution in [3.05, 3.63) is 18.2 Å². The minimum Gasteiger partial charge on any atom is -0.437 e. The third-order valence-corrected chi connectivity index (χ3v) is 5.84. The largest absolute Gasteiger partial charge is 0.586 e. The van der Waals surface area contributed by atoms with Gasteiger partial charge in [-0.2, -0.15) is 4.31 Å². The van der Waals surface area contributed by atoms with Crippen LogP contribution in [0, 0.1) is 0 Å². The Morgan fingerprint density at radius 2 is 1.92 bits per heavy atom. The molecule has 0 saturated carbocycles. The van der Waals surface area contributed by atoms with Crippen LogP contribution in [0.1, 0.15) is 12.8 Å². The molecule has 0 radical (unpaired) electrons. The summed E-state index contributed by atoms with van der Waals surface area (Å²) >= 11 is 0. The second-order valence-corrected chi connectivity index (χ2v) is 7.73. The summed E-state index contributed by atoms with van der Waals surface area (Å²) in [7, 11) is -4.47. The third kappa shape index (κ3) is 3.48. The van der Waals surface area contributed by atoms with Crippen LogP contribution in [-0.2, 0) is 10.0 Å². The molecule has 11 heteroatoms. The molecule has 132 valence electrons. The van der Waals surface area contributed by atoms with Crippen molar-refractivity contribution in [2.75, 3.05) is 13.1 Å². The Balaban J connectivity index is 1.73. The summed E-state index contributed by atoms with van der Waals surface area (Å²) in [6, 6.07) is 3.46. The number of nitrogens with zero attached hydrogens (tertiary/aromatic N) is 1. The Morgan fingerprint density at radius 3 is 2.54 bits per heavy atom. The van der Waals surface area contributed by atoms with Gasteiger partial charge in [-0.05, 0) is 31.8 Å². The average molecular weight is 362 g/mol. The topological polar surface area (TPSA) is 88.1 Å². The lowest BCUT2D eigenvalue weighted by molar-refractivity contribution is -0.286. The maximum atomic E-state index is 13.0. The molecule has 0 unspecified atom stereocenters. The van der Waals surface area contributed by atoms with Crippen LogP contribution < -0.4 is 14.7 Å². The van der Waals surface area contributed by atoms with Gasteiger partial charge in [0.25, 0.3) is 0 Å². The molecule has 0 aromatic heterocycles. The van der Waals surface area contributed by atoms with E-state index in [-0.39, 0.29) is 35.5 Å². The first-order valence-electron chi connectivity index (χ1n) is 7.51. The Bertz CT molecular complexity index is 723. The van der Waals surface area contributed by atoms with Gasteiger partial charge in [-0.25, -0.2) is 8.42 Å². The molecule has 2 aliphatic rings. The van der Waals surface area contributed by atoms with Gasteiger partial charge in [0.15, 0.2) is 11.5 Å². The molecule has 1 fully saturated rings. The van der Waals surface area contributed by atoms with E-state index < -0.39 is 23.4 Å². The standard InChI is InChI=1S/C13H17BF2N2O5S/c1-14(19)17-9-4-6-18(7-5-9)24(20,21)10-2-3-11-12(8-10)23-13(15,16)22-11/h2-3,8-9,17,19H,4-7H2,1H3. The second kappa shape index (κ2) is 6.14. The Kier molecular flexibility index (Phi) is 4.45. The summed E-state index contributed by atoms with van der Waals surface area (Å²) in [4.78, 5) is -0.121. The van der Waals surface area contributed by atoms with Gasteiger partial charge >= 0.3 is 13.3 Å². The molecule has 0 amide bonds. The monoisotopic (exact) mass is 362 g/mol. The molecule has 0 atom stereocenters. The number of hydrogen-bond acceptors (Lipinski definition) is 6. The van der Waals surface area contributed by atoms with Crippen LogP contribution in [0.15, 0.2) is 23.1 Å². The van der Waals surface area contributed by atoms with E-state index >= 15 is 0 Å². The second-order valence-electron chi connectivity index (χ2n) is 5.80. The van der Waals surface area contributed by atoms with Gasteiger partial charge in [0, 0.05) is 25.2 Å². The molecule has 0 bridgehead atoms. The third-order valence-electron chi connectivity index (χ3n) is 3.94. The van der Waals surface area contributed by atoms with E-state index in [1.165, 1.54) is 10.4 Å². The predicted molar refractivity (Wildman–Crippen MR) is 81.4 cm³/mol. The van der Waals surface area contributed by atoms with E-state index in [0.717, 1.165) is 12.1 Å². The van der Waals surface area contributed by atoms with Crippen molar-refractivity contribution in [3.8, 4) is 11.5 Å². The Labute approximate surface area is 138 Å². The smallest absolute Gasteiger partial charge is 0.437 e. The lowest BCUT2D eigenvalue weighted by Gasteiger charge is -2.32. The fourth-order valence-corrected chi connectivity index (χ4v) is 4.33. The molecule has 1 aromatic carbocycles. The highest BCUT2D eigenvalue weighted by molar-refractivity contribution is 7.89. The van der Waals surface area contributed by atoms with Crippen LogP contribution in [0.25, 0.3) is 0 Å². The fraction of sp³-hybridized carbons (Fsp3) is 0.538. The van der Waals surface area contributed by atoms with Crippen LogP contribution >= 0.6 is 0 Å². The molecule has 0 spiro atoms. The molecule has 3 rings (SSSR count). The lowest BCUT2D eigenvalue weighted by atomic mass is 9.85. The summed E-state index contributed by atoms with van der Waals surface area (Å²) in [5.41, 5.74) is 0. The molecular formula is C13H17BF2N2O5S. The number of benzene rings is 1. The number of alkyl halides is 2. The summed E-state index contributed by atoms with van der Waals surface area (Å²) in [5, 5.41) is 12.3. The van der Waals surface area contributed by atoms with Crippen LogP contribution in [0.5, 0.6) is 11.5 Å². The van der Waals surface area contributed by atoms with Crippen LogP contribution in [0.2, 0.25) is 6.82 Å². The minimum absolute atomic E-state index is 0.0342. The van der Waals surface area contributed by atoms with Crippen LogP contribution in [0.3, 0.4) is 0 Å². The first-order chi connectivity index (χ1) is 11.2. The van der Waals surface area contributed by atoms with Crippen molar-refractivity contribution in [2.45, 2.75) is 36.9 Å². The zero-order chi connectivity index (χ0) is 17.5. The number of hydrogen-bond donors (Lipinski definition) is 2. The number of nitrogens with one attached hydrogen (secondary N) is 1. The van der Waals surface area contributed by atoms with E-state index in [1.807, 2.05) is 0 Å². The molecule has 24 heavy (non-hydrogen) atoms. The lowest BCUT2D eigenvalue weighted by Crippen LogP contribution is -2.48. The highest BCUT2D eigenvalue weighted by Crippen LogP contribution is 2.42. The Morgan fingerprint density at radius 1 is 1.29 bits per heavy atom. The molecule has 0 aliphatic carbocycles. The molecule has 2 N–H and O–H groups in total. The number of piperidine rings is 1. The first-order valence-corrected chi connectivity index (χ1v) is 8.95. The summed E-state index contributed by atoms with van der Waals surface area (Å²) in [6.07, 6.45) is -2.69. The predicted octanol–water partition coefficient (Wildman–Crippen LogP) is 0.861. The zero-order valence-corrected chi connectivity index (χ0v) is 13.7. The zero-order valence-electron chi connectivity index (χ0n) is 12.9. The maximum Gasteiger partial charge on any atom is 0.586 e. The van der Waals surface area contributed by atoms with Gasteiger partial charge in [-0.3, -0.25) is 0 Å². The van der Waals surface area contributed by atoms with E-state index in [2.05, 4.69) is 14.7 Å². The van der Waals surface area contributed by atoms with E-state index in [1.54, 1.807) is 6.82 Å². The average Bonchev–Trinajstić information content (AvgIpc) is 2.79. The summed E-state index contributed by atoms with van der Waals surface area (Å²) < 4.78 is 61.2. The quantitative estimate of drug-likeness (QED) is 0.773. The van der Waals surface area contributed by atoms with Crippen molar-refractivity contribution in [3.63, 3.8) is 0 Å². The van der Waals surface area contributed by atoms with Gasteiger partial charge in [-0.1, -0.05) is 0 Å². The highest BCUT2D eigenvalue weighted by atomic mass is 32.2. The van der Waals surface area contributed by atoms with Gasteiger partial charge in [-0.15, -0.1) is 8.78 Å². The normalized spacial score (nSPS) is 21.0. The first kappa shape index (κ1) is 17.4. The Hall–Kier alpha value is -1.43. The van der Waals surface area contributed by atoms with Gasteiger partial charge in [0.2, 0.25) is 10.0 Å². The van der Waals surface area contributed by atoms with E-state index in [9.17, 15) is 22.2 Å². The molecule has 2 aliphatic heterocycles. The minimum atomic E-state index is -3.81. The highest BCUT2D eigenvalue weighted by Gasteiger charge is 2.44. The van der Waals surface area contributed by atoms with Crippen molar-refractivity contribution in [2.24, 2.45) is 0 Å². The molecule has 1 saturated heterocycles. The van der Waals surface area contributed by atoms with Crippen LogP contribution in [-0.4, -0.2) is 50.2 Å². The van der Waals surface area contributed by atoms with E-state index in [0.29, 0.717) is 12.8 Å². The molecular weight excluding hydrogens is 345 g/mol. The number of ether oxygens (including phenoxy) is 2. The van der Waals surface area contributed by atoms with Gasteiger partial charge in [0.1, 0.15) is 0 Å². The van der Waals surface area contributed by atoms with Crippen molar-refractivity contribution in [1.82, 2.24) is 9.53 Å². The summed E-state index contributed by atoms with van der Waals surface area (Å²) in [6.45, 7) is 2.15. The molecule has 1 aromatic rings. The SMILES string of the molecule is CB(O)NC1CCN(S(=O)(=O)c2ccc3c(c2)OC(F)(F)O3)CC1. The van der Waals surface area contributed by atoms with Crippen LogP contribution in [0.4, 0.5) is 8.78 Å². The maximum absolute atomic E-state index is 13.0. The number of rotatable bonds is 4. The fourth-order valence-electron chi connectivity index (χ4n) is 2.84. The number of halogens is 2. The number of sulfonamides is 1. The molecule has 7 nitrogen and oxygen atoms in total. The van der Waals surface area contributed by atoms with Crippen molar-refractivity contribution >= 4 is 17.1 Å². The van der Waals surface area contributed by atoms with Crippen molar-refractivity contribution in [1.29, 1.82) is 0 Å². The summed E-state index contributed by atoms with van der Waals surface area (Å²) in [5.74, 6) is -0.495. The van der Waals surface area contributed by atoms with Crippen molar-refractivity contribution < 1.29 is 31.7 Å². The van der Waals surface area contributed by atoms with E-state index in [4.69, 9.17) is 0 Å².